The number of hydrogen-bond donors (Lipinski definition) is 0. The molecule has 0 aliphatic rings. The summed E-state index contributed by atoms with van der Waals surface area (Å²) < 4.78 is 24.1. The number of benzene rings is 21. The molecule has 642 valence electrons. The summed E-state index contributed by atoms with van der Waals surface area (Å²) in [6.07, 6.45) is 0. The zero-order valence-electron chi connectivity index (χ0n) is 74.9. The van der Waals surface area contributed by atoms with Gasteiger partial charge in [0.2, 0.25) is 0 Å². The van der Waals surface area contributed by atoms with E-state index in [-0.39, 0.29) is 0 Å². The van der Waals surface area contributed by atoms with Gasteiger partial charge in [-0.1, -0.05) is 259 Å². The molecule has 0 N–H and O–H groups in total. The number of furan rings is 2. The monoisotopic (exact) mass is 1780 g/mol. The van der Waals surface area contributed by atoms with E-state index in [2.05, 4.69) is 487 Å². The smallest absolute Gasteiger partial charge is 0.159 e. The highest BCUT2D eigenvalue weighted by molar-refractivity contribution is 7.27. The first-order valence-corrected chi connectivity index (χ1v) is 48.1. The molecule has 0 fully saturated rings. The molecular weight excluding hydrogens is 1690 g/mol. The molecule has 0 aliphatic carbocycles. The molecule has 0 aliphatic heterocycles. The Kier molecular flexibility index (Phi) is 18.2. The van der Waals surface area contributed by atoms with Crippen molar-refractivity contribution in [3.63, 3.8) is 0 Å². The highest BCUT2D eigenvalue weighted by atomic mass is 32.1. The lowest BCUT2D eigenvalue weighted by Crippen LogP contribution is -2.10. The predicted octanol–water partition coefficient (Wildman–Crippen LogP) is 37.2. The van der Waals surface area contributed by atoms with E-state index in [0.717, 1.165) is 189 Å². The van der Waals surface area contributed by atoms with Crippen LogP contribution >= 0.6 is 22.7 Å². The lowest BCUT2D eigenvalue weighted by atomic mass is 9.99. The maximum Gasteiger partial charge on any atom is 0.159 e. The molecule has 27 rings (SSSR count). The minimum atomic E-state index is 0.808. The van der Waals surface area contributed by atoms with Gasteiger partial charge in [-0.3, -0.25) is 0 Å². The van der Waals surface area contributed by atoms with Crippen molar-refractivity contribution in [3.05, 3.63) is 459 Å². The summed E-state index contributed by atoms with van der Waals surface area (Å²) in [5.74, 6) is 0. The molecule has 21 aromatic carbocycles. The minimum Gasteiger partial charge on any atom is -0.454 e. The summed E-state index contributed by atoms with van der Waals surface area (Å²) >= 11 is 3.73. The maximum absolute atomic E-state index is 7.30. The molecule has 8 nitrogen and oxygen atoms in total. The Morgan fingerprint density at radius 1 is 0.199 bits per heavy atom. The van der Waals surface area contributed by atoms with E-state index in [1.165, 1.54) is 84.1 Å². The number of aryl methyl sites for hydroxylation is 4. The topological polar surface area (TPSA) is 49.1 Å². The van der Waals surface area contributed by atoms with Crippen LogP contribution in [0.15, 0.2) is 446 Å². The Labute approximate surface area is 792 Å². The number of para-hydroxylation sites is 4. The van der Waals surface area contributed by atoms with Gasteiger partial charge in [0.25, 0.3) is 0 Å². The van der Waals surface area contributed by atoms with Gasteiger partial charge in [-0.25, -0.2) is 0 Å². The van der Waals surface area contributed by atoms with Crippen molar-refractivity contribution < 1.29 is 8.83 Å². The van der Waals surface area contributed by atoms with Crippen LogP contribution in [0.1, 0.15) is 22.3 Å². The van der Waals surface area contributed by atoms with E-state index in [4.69, 9.17) is 8.83 Å². The largest absolute Gasteiger partial charge is 0.454 e. The second-order valence-electron chi connectivity index (χ2n) is 36.2. The number of hydrogen-bond acceptors (Lipinski definition) is 8. The van der Waals surface area contributed by atoms with Crippen LogP contribution < -0.4 is 19.6 Å². The van der Waals surface area contributed by atoms with E-state index >= 15 is 0 Å². The lowest BCUT2D eigenvalue weighted by molar-refractivity contribution is 0.669. The van der Waals surface area contributed by atoms with E-state index in [9.17, 15) is 0 Å². The molecule has 10 heteroatoms. The Bertz CT molecular complexity index is 9540. The van der Waals surface area contributed by atoms with Crippen LogP contribution in [-0.2, 0) is 0 Å². The second kappa shape index (κ2) is 31.3. The quantitative estimate of drug-likeness (QED) is 0.0961. The van der Waals surface area contributed by atoms with E-state index in [0.29, 0.717) is 0 Å². The highest BCUT2D eigenvalue weighted by Gasteiger charge is 2.29. The standard InChI is InChI=1S/C126H84N6O2S2/c1-77-34-51-90(52-35-77)127(111-27-14-23-105-101-20-8-11-31-119(101)133-123(105)111)95-61-48-84-70-109-99-66-63-97(75-117(99)131(89-18-6-5-7-19-89)115(109)72-87(84)68-95)128(91-53-36-78(2)37-54-91)112-28-15-24-106-102-65-50-86(74-120(102)134-124(106)112)83-44-42-81(43-45-83)82-46-59-94(60-47-82)132-116-73-88-69-96(129(92-55-38-79(3)39-56-92)113-29-16-25-107-103-21-9-12-32-121(103)135-125(107)113)62-49-85(88)71-110(116)100-67-64-98(76-118(100)132)130(93-57-40-80(4)41-58-93)114-30-17-26-108-104-22-10-13-33-122(104)136-126(108)114/h5-76H,1-4H3. The van der Waals surface area contributed by atoms with Crippen molar-refractivity contribution in [1.29, 1.82) is 0 Å². The van der Waals surface area contributed by atoms with Crippen molar-refractivity contribution in [2.24, 2.45) is 0 Å². The molecule has 0 saturated carbocycles. The first-order valence-electron chi connectivity index (χ1n) is 46.5. The third-order valence-electron chi connectivity index (χ3n) is 27.9. The Morgan fingerprint density at radius 3 is 1.00 bits per heavy atom. The van der Waals surface area contributed by atoms with Crippen LogP contribution in [0, 0.1) is 27.7 Å². The zero-order chi connectivity index (χ0) is 90.1. The van der Waals surface area contributed by atoms with E-state index in [1.807, 2.05) is 28.7 Å². The van der Waals surface area contributed by atoms with Crippen LogP contribution in [0.4, 0.5) is 68.2 Å². The first-order chi connectivity index (χ1) is 67.0. The first kappa shape index (κ1) is 78.8. The van der Waals surface area contributed by atoms with E-state index in [1.54, 1.807) is 0 Å². The fourth-order valence-corrected chi connectivity index (χ4v) is 23.6. The van der Waals surface area contributed by atoms with Gasteiger partial charge in [0.05, 0.1) is 54.2 Å². The Hall–Kier alpha value is -17.0. The van der Waals surface area contributed by atoms with Gasteiger partial charge in [0.1, 0.15) is 11.2 Å². The predicted molar refractivity (Wildman–Crippen MR) is 579 cm³/mol. The molecule has 0 unspecified atom stereocenters. The van der Waals surface area contributed by atoms with Gasteiger partial charge >= 0.3 is 0 Å². The Morgan fingerprint density at radius 2 is 0.529 bits per heavy atom. The molecule has 6 aromatic heterocycles. The molecular formula is C126H84N6O2S2. The average molecular weight is 1780 g/mol. The fraction of sp³-hybridized carbons (Fsp3) is 0.0317. The molecule has 0 amide bonds. The van der Waals surface area contributed by atoms with Gasteiger partial charge in [-0.15, -0.1) is 22.7 Å². The lowest BCUT2D eigenvalue weighted by Gasteiger charge is -2.26. The van der Waals surface area contributed by atoms with Crippen LogP contribution in [0.25, 0.3) is 183 Å². The van der Waals surface area contributed by atoms with Gasteiger partial charge < -0.3 is 37.6 Å². The van der Waals surface area contributed by atoms with Crippen LogP contribution in [0.2, 0.25) is 0 Å². The SMILES string of the molecule is Cc1ccc(N(c2ccc3cc4c5ccc(N(c6ccc(C)cc6)c6cccc7c6oc6cc(-c8ccc(-c9ccc(-n%10c%11cc(N(c%12ccc(C)cc%12)c%12cccc%13c%12sc%12ccccc%12%13)ccc%11c%11cc%12ccc(N(c%13ccc(C)cc%13)c%13cccc%14c%13sc%13ccccc%13%14)cc%12cc%11%10)cc9)cc8)ccc67)cc5n(-c5ccccc5)c4cc3c2)c2cccc3c2oc2ccccc23)cc1. The van der Waals surface area contributed by atoms with Gasteiger partial charge in [0, 0.05) is 131 Å². The van der Waals surface area contributed by atoms with E-state index < -0.39 is 0 Å². The van der Waals surface area contributed by atoms with Crippen LogP contribution in [0.3, 0.4) is 0 Å². The number of fused-ring (bicyclic) bond motifs is 20. The molecule has 6 heterocycles. The summed E-state index contributed by atoms with van der Waals surface area (Å²) in [7, 11) is 0. The summed E-state index contributed by atoms with van der Waals surface area (Å²) in [6.45, 7) is 8.62. The Balaban J connectivity index is 0.549. The zero-order valence-corrected chi connectivity index (χ0v) is 76.5. The molecule has 0 spiro atoms. The number of rotatable bonds is 16. The van der Waals surface area contributed by atoms with Crippen molar-refractivity contribution in [3.8, 4) is 33.6 Å². The molecule has 0 atom stereocenters. The van der Waals surface area contributed by atoms with Gasteiger partial charge in [-0.2, -0.15) is 0 Å². The number of aromatic nitrogens is 2. The molecule has 0 radical (unpaired) electrons. The maximum atomic E-state index is 7.30. The van der Waals surface area contributed by atoms with Crippen LogP contribution in [0.5, 0.6) is 0 Å². The molecule has 0 saturated heterocycles. The summed E-state index contributed by atoms with van der Waals surface area (Å²) in [5, 5.41) is 18.6. The summed E-state index contributed by atoms with van der Waals surface area (Å²) in [5.41, 5.74) is 31.8. The van der Waals surface area contributed by atoms with Crippen LogP contribution in [-0.4, -0.2) is 9.13 Å². The van der Waals surface area contributed by atoms with Crippen molar-refractivity contribution >= 4 is 240 Å². The minimum absolute atomic E-state index is 0.808. The van der Waals surface area contributed by atoms with Crippen molar-refractivity contribution in [1.82, 2.24) is 9.13 Å². The van der Waals surface area contributed by atoms with Crippen molar-refractivity contribution in [2.75, 3.05) is 19.6 Å². The summed E-state index contributed by atoms with van der Waals surface area (Å²) in [6, 6.07) is 161. The van der Waals surface area contributed by atoms with Gasteiger partial charge in [0.15, 0.2) is 11.2 Å². The number of thiophene rings is 2. The van der Waals surface area contributed by atoms with Crippen molar-refractivity contribution in [2.45, 2.75) is 27.7 Å². The third-order valence-corrected chi connectivity index (χ3v) is 30.3. The molecule has 27 aromatic rings. The summed E-state index contributed by atoms with van der Waals surface area (Å²) in [4.78, 5) is 9.63. The number of anilines is 12. The third kappa shape index (κ3) is 12.9. The second-order valence-corrected chi connectivity index (χ2v) is 38.3. The fourth-order valence-electron chi connectivity index (χ4n) is 21.2. The van der Waals surface area contributed by atoms with Gasteiger partial charge in [-0.05, 0) is 272 Å². The number of nitrogens with zero attached hydrogens (tertiary/aromatic N) is 6. The average Bonchev–Trinajstić information content (AvgIpc) is 1.57. The molecule has 0 bridgehead atoms. The highest BCUT2D eigenvalue weighted by Crippen LogP contribution is 2.53. The molecule has 136 heavy (non-hydrogen) atoms. The normalized spacial score (nSPS) is 12.0.